The lowest BCUT2D eigenvalue weighted by Crippen LogP contribution is -2.02. The Hall–Kier alpha value is -2.22. The van der Waals surface area contributed by atoms with Crippen molar-refractivity contribution in [3.8, 4) is 17.6 Å². The fraction of sp³-hybridized carbons (Fsp3) is 0.385. The molecule has 0 saturated carbocycles. The van der Waals surface area contributed by atoms with Crippen LogP contribution in [0.2, 0.25) is 0 Å². The van der Waals surface area contributed by atoms with Gasteiger partial charge in [0.2, 0.25) is 0 Å². The minimum atomic E-state index is -0.444. The summed E-state index contributed by atoms with van der Waals surface area (Å²) in [4.78, 5) is 10.4. The van der Waals surface area contributed by atoms with Crippen molar-refractivity contribution in [1.82, 2.24) is 0 Å². The molecule has 0 aliphatic heterocycles. The molecular weight excluding hydrogens is 232 g/mol. The average Bonchev–Trinajstić information content (AvgIpc) is 2.36. The molecule has 5 nitrogen and oxygen atoms in total. The zero-order chi connectivity index (χ0) is 13.4. The average molecular weight is 248 g/mol. The lowest BCUT2D eigenvalue weighted by Gasteiger charge is -2.08. The Labute approximate surface area is 106 Å². The van der Waals surface area contributed by atoms with Gasteiger partial charge in [-0.2, -0.15) is 0 Å². The van der Waals surface area contributed by atoms with E-state index in [0.717, 1.165) is 12.1 Å². The Morgan fingerprint density at radius 3 is 2.89 bits per heavy atom. The number of benzene rings is 1. The van der Waals surface area contributed by atoms with Crippen LogP contribution in [0.3, 0.4) is 0 Å². The van der Waals surface area contributed by atoms with Crippen molar-refractivity contribution in [1.29, 1.82) is 0 Å². The van der Waals surface area contributed by atoms with Crippen LogP contribution in [0.25, 0.3) is 0 Å². The molecule has 0 amide bonds. The van der Waals surface area contributed by atoms with Crippen molar-refractivity contribution in [3.05, 3.63) is 28.3 Å². The van der Waals surface area contributed by atoms with E-state index in [0.29, 0.717) is 13.2 Å². The van der Waals surface area contributed by atoms with E-state index < -0.39 is 4.92 Å². The number of ether oxygens (including phenoxy) is 1. The van der Waals surface area contributed by atoms with Gasteiger partial charge in [0.25, 0.3) is 0 Å². The van der Waals surface area contributed by atoms with Gasteiger partial charge in [0.15, 0.2) is 5.75 Å². The molecule has 18 heavy (non-hydrogen) atoms. The molecule has 1 aromatic rings. The third kappa shape index (κ3) is 3.98. The molecule has 0 aliphatic carbocycles. The summed E-state index contributed by atoms with van der Waals surface area (Å²) in [6.45, 7) is 4.67. The van der Waals surface area contributed by atoms with Crippen LogP contribution >= 0.6 is 0 Å². The molecule has 0 atom stereocenters. The Balaban J connectivity index is 2.88. The highest BCUT2D eigenvalue weighted by Gasteiger charge is 2.15. The van der Waals surface area contributed by atoms with Crippen LogP contribution in [-0.4, -0.2) is 18.1 Å². The van der Waals surface area contributed by atoms with Gasteiger partial charge < -0.3 is 10.1 Å². The second-order valence-corrected chi connectivity index (χ2v) is 3.57. The molecule has 0 unspecified atom stereocenters. The molecular formula is C13H16N2O3. The molecule has 0 aromatic heterocycles. The second kappa shape index (κ2) is 7.17. The van der Waals surface area contributed by atoms with Crippen LogP contribution in [0.1, 0.15) is 20.3 Å². The Kier molecular flexibility index (Phi) is 5.52. The third-order valence-electron chi connectivity index (χ3n) is 2.18. The maximum atomic E-state index is 10.8. The van der Waals surface area contributed by atoms with Gasteiger partial charge in [-0.25, -0.2) is 0 Å². The van der Waals surface area contributed by atoms with E-state index >= 15 is 0 Å². The van der Waals surface area contributed by atoms with E-state index in [1.165, 1.54) is 6.07 Å². The minimum absolute atomic E-state index is 0.0180. The number of rotatable bonds is 6. The van der Waals surface area contributed by atoms with Crippen LogP contribution in [0.15, 0.2) is 18.2 Å². The standard InChI is InChI=1S/C13H16N2O3/c1-3-5-8-14-11-6-7-12(15(16)17)13(10-11)18-9-4-2/h6-7,10,14H,4,8-9H2,1-2H3. The minimum Gasteiger partial charge on any atom is -0.487 e. The summed E-state index contributed by atoms with van der Waals surface area (Å²) >= 11 is 0. The van der Waals surface area contributed by atoms with Gasteiger partial charge in [-0.15, -0.1) is 5.92 Å². The molecule has 1 N–H and O–H groups in total. The van der Waals surface area contributed by atoms with Crippen molar-refractivity contribution in [2.45, 2.75) is 20.3 Å². The number of nitrogens with one attached hydrogen (secondary N) is 1. The van der Waals surface area contributed by atoms with E-state index in [1.807, 2.05) is 6.92 Å². The van der Waals surface area contributed by atoms with E-state index in [2.05, 4.69) is 17.2 Å². The second-order valence-electron chi connectivity index (χ2n) is 3.57. The predicted octanol–water partition coefficient (Wildman–Crippen LogP) is 2.82. The molecule has 0 radical (unpaired) electrons. The van der Waals surface area contributed by atoms with Crippen molar-refractivity contribution in [2.24, 2.45) is 0 Å². The molecule has 0 fully saturated rings. The van der Waals surface area contributed by atoms with Crippen molar-refractivity contribution in [3.63, 3.8) is 0 Å². The lowest BCUT2D eigenvalue weighted by molar-refractivity contribution is -0.385. The smallest absolute Gasteiger partial charge is 0.311 e. The van der Waals surface area contributed by atoms with E-state index in [-0.39, 0.29) is 11.4 Å². The highest BCUT2D eigenvalue weighted by Crippen LogP contribution is 2.30. The number of nitrogens with zero attached hydrogens (tertiary/aromatic N) is 1. The van der Waals surface area contributed by atoms with Crippen LogP contribution < -0.4 is 10.1 Å². The molecule has 1 rings (SSSR count). The van der Waals surface area contributed by atoms with Gasteiger partial charge in [-0.05, 0) is 19.4 Å². The molecule has 0 bridgehead atoms. The summed E-state index contributed by atoms with van der Waals surface area (Å²) in [7, 11) is 0. The van der Waals surface area contributed by atoms with Gasteiger partial charge >= 0.3 is 5.69 Å². The maximum absolute atomic E-state index is 10.8. The lowest BCUT2D eigenvalue weighted by atomic mass is 10.2. The molecule has 1 aromatic carbocycles. The van der Waals surface area contributed by atoms with Crippen molar-refractivity contribution >= 4 is 11.4 Å². The van der Waals surface area contributed by atoms with Crippen LogP contribution in [0, 0.1) is 22.0 Å². The number of nitro benzene ring substituents is 1. The van der Waals surface area contributed by atoms with E-state index in [4.69, 9.17) is 4.74 Å². The summed E-state index contributed by atoms with van der Waals surface area (Å²) in [5.41, 5.74) is 0.741. The first kappa shape index (κ1) is 13.8. The Morgan fingerprint density at radius 2 is 2.28 bits per heavy atom. The van der Waals surface area contributed by atoms with Gasteiger partial charge in [0.1, 0.15) is 0 Å². The fourth-order valence-electron chi connectivity index (χ4n) is 1.34. The number of hydrogen-bond acceptors (Lipinski definition) is 4. The van der Waals surface area contributed by atoms with Crippen LogP contribution in [0.5, 0.6) is 5.75 Å². The van der Waals surface area contributed by atoms with E-state index in [9.17, 15) is 10.1 Å². The van der Waals surface area contributed by atoms with Gasteiger partial charge in [-0.1, -0.05) is 12.8 Å². The Bertz CT molecular complexity index is 475. The third-order valence-corrected chi connectivity index (χ3v) is 2.18. The quantitative estimate of drug-likeness (QED) is 0.477. The summed E-state index contributed by atoms with van der Waals surface area (Å²) in [6, 6.07) is 4.71. The molecule has 0 spiro atoms. The first-order valence-corrected chi connectivity index (χ1v) is 5.73. The first-order valence-electron chi connectivity index (χ1n) is 5.73. The summed E-state index contributed by atoms with van der Waals surface area (Å²) in [5.74, 6) is 5.91. The highest BCUT2D eigenvalue weighted by molar-refractivity contribution is 5.58. The van der Waals surface area contributed by atoms with Crippen LogP contribution in [-0.2, 0) is 0 Å². The molecule has 0 aliphatic rings. The number of anilines is 1. The predicted molar refractivity (Wildman–Crippen MR) is 70.8 cm³/mol. The monoisotopic (exact) mass is 248 g/mol. The number of nitro groups is 1. The highest BCUT2D eigenvalue weighted by atomic mass is 16.6. The maximum Gasteiger partial charge on any atom is 0.311 e. The molecule has 5 heteroatoms. The van der Waals surface area contributed by atoms with Gasteiger partial charge in [0.05, 0.1) is 18.1 Å². The Morgan fingerprint density at radius 1 is 1.50 bits per heavy atom. The topological polar surface area (TPSA) is 64.4 Å². The van der Waals surface area contributed by atoms with Crippen molar-refractivity contribution in [2.75, 3.05) is 18.5 Å². The van der Waals surface area contributed by atoms with Crippen LogP contribution in [0.4, 0.5) is 11.4 Å². The summed E-state index contributed by atoms with van der Waals surface area (Å²) < 4.78 is 5.38. The SMILES string of the molecule is CC#CCNc1ccc([N+](=O)[O-])c(OCCC)c1. The van der Waals surface area contributed by atoms with Gasteiger partial charge in [-0.3, -0.25) is 10.1 Å². The molecule has 96 valence electrons. The zero-order valence-electron chi connectivity index (χ0n) is 10.5. The normalized spacial score (nSPS) is 9.22. The first-order chi connectivity index (χ1) is 8.69. The fourth-order valence-corrected chi connectivity index (χ4v) is 1.34. The van der Waals surface area contributed by atoms with Gasteiger partial charge in [0, 0.05) is 17.8 Å². The summed E-state index contributed by atoms with van der Waals surface area (Å²) in [5, 5.41) is 13.9. The van der Waals surface area contributed by atoms with E-state index in [1.54, 1.807) is 19.1 Å². The zero-order valence-corrected chi connectivity index (χ0v) is 10.5. The largest absolute Gasteiger partial charge is 0.487 e. The molecule has 0 saturated heterocycles. The summed E-state index contributed by atoms with van der Waals surface area (Å²) in [6.07, 6.45) is 0.802. The van der Waals surface area contributed by atoms with Crippen molar-refractivity contribution < 1.29 is 9.66 Å². The molecule has 0 heterocycles. The number of hydrogen-bond donors (Lipinski definition) is 1.